The summed E-state index contributed by atoms with van der Waals surface area (Å²) in [6.07, 6.45) is 7.18. The maximum absolute atomic E-state index is 12.0. The summed E-state index contributed by atoms with van der Waals surface area (Å²) in [5.41, 5.74) is 7.41. The van der Waals surface area contributed by atoms with Crippen LogP contribution in [0.2, 0.25) is 0 Å². The van der Waals surface area contributed by atoms with Gasteiger partial charge in [-0.3, -0.25) is 9.28 Å². The zero-order valence-corrected chi connectivity index (χ0v) is 17.9. The van der Waals surface area contributed by atoms with Crippen LogP contribution < -0.4 is 10.5 Å². The Morgan fingerprint density at radius 2 is 2.18 bits per heavy atom. The first-order valence-electron chi connectivity index (χ1n) is 9.97. The molecule has 8 nitrogen and oxygen atoms in total. The molecule has 3 atom stereocenters. The largest absolute Gasteiger partial charge is 0.475 e. The van der Waals surface area contributed by atoms with Crippen molar-refractivity contribution in [2.24, 2.45) is 5.73 Å². The molecule has 0 saturated carbocycles. The average Bonchev–Trinajstić information content (AvgIpc) is 3.15. The molecule has 2 heterocycles. The number of hydrogen-bond acceptors (Lipinski definition) is 8. The summed E-state index contributed by atoms with van der Waals surface area (Å²) in [6, 6.07) is -1.01. The van der Waals surface area contributed by atoms with Crippen LogP contribution in [0.25, 0.3) is 5.57 Å². The first-order chi connectivity index (χ1) is 13.4. The van der Waals surface area contributed by atoms with Crippen molar-refractivity contribution >= 4 is 23.3 Å². The van der Waals surface area contributed by atoms with E-state index in [-0.39, 0.29) is 6.23 Å². The maximum Gasteiger partial charge on any atom is 0.329 e. The number of carbonyl (C=O) groups is 1. The van der Waals surface area contributed by atoms with E-state index in [1.165, 1.54) is 12.8 Å². The number of likely N-dealkylation sites (N-methyl/N-ethyl adjacent to an activating group) is 1. The monoisotopic (exact) mass is 413 g/mol. The Balaban J connectivity index is 2.00. The van der Waals surface area contributed by atoms with E-state index < -0.39 is 18.6 Å². The smallest absolute Gasteiger partial charge is 0.329 e. The van der Waals surface area contributed by atoms with E-state index in [0.717, 1.165) is 48.8 Å². The molecule has 0 fully saturated rings. The quantitative estimate of drug-likeness (QED) is 0.324. The molecule has 1 aliphatic rings. The minimum absolute atomic E-state index is 0.390. The molecule has 0 radical (unpaired) electrons. The van der Waals surface area contributed by atoms with Crippen LogP contribution in [0.1, 0.15) is 51.6 Å². The Bertz CT molecular complexity index is 666. The Kier molecular flexibility index (Phi) is 8.81. The Hall–Kier alpha value is -1.55. The summed E-state index contributed by atoms with van der Waals surface area (Å²) in [6.45, 7) is 5.74. The van der Waals surface area contributed by atoms with Crippen molar-refractivity contribution in [2.75, 3.05) is 33.4 Å². The van der Waals surface area contributed by atoms with Gasteiger partial charge in [-0.1, -0.05) is 32.3 Å². The van der Waals surface area contributed by atoms with E-state index in [4.69, 9.17) is 20.3 Å². The molecule has 28 heavy (non-hydrogen) atoms. The number of unbranched alkanes of at least 4 members (excludes halogenated alkanes) is 3. The third-order valence-corrected chi connectivity index (χ3v) is 5.74. The standard InChI is InChI=1S/C19H33N4O4S/c1-4-5-6-7-11-26-18-17(21-28-22-18)15-9-8-10-23(3,12-15)14(2)27-19(25)16(20)13-24/h9,14,16,24H,4-8,10-13,20H2,1-3H3/q+1/t14-,16-,23?/m0/s1. The first-order valence-corrected chi connectivity index (χ1v) is 10.7. The van der Waals surface area contributed by atoms with Gasteiger partial charge in [0, 0.05) is 18.9 Å². The van der Waals surface area contributed by atoms with Crippen LogP contribution in [0.5, 0.6) is 5.88 Å². The van der Waals surface area contributed by atoms with Crippen LogP contribution in [0.15, 0.2) is 6.08 Å². The molecule has 1 aromatic heterocycles. The highest BCUT2D eigenvalue weighted by Crippen LogP contribution is 2.31. The lowest BCUT2D eigenvalue weighted by Crippen LogP contribution is -2.56. The fraction of sp³-hybridized carbons (Fsp3) is 0.737. The van der Waals surface area contributed by atoms with Crippen molar-refractivity contribution in [3.63, 3.8) is 0 Å². The van der Waals surface area contributed by atoms with Gasteiger partial charge in [-0.2, -0.15) is 4.37 Å². The summed E-state index contributed by atoms with van der Waals surface area (Å²) in [4.78, 5) is 12.0. The molecule has 0 aromatic carbocycles. The molecule has 9 heteroatoms. The van der Waals surface area contributed by atoms with Crippen LogP contribution in [-0.2, 0) is 9.53 Å². The van der Waals surface area contributed by atoms with Gasteiger partial charge < -0.3 is 20.3 Å². The minimum atomic E-state index is -1.01. The lowest BCUT2D eigenvalue weighted by atomic mass is 10.0. The van der Waals surface area contributed by atoms with E-state index in [2.05, 4.69) is 21.7 Å². The highest BCUT2D eigenvalue weighted by Gasteiger charge is 2.37. The highest BCUT2D eigenvalue weighted by molar-refractivity contribution is 6.99. The van der Waals surface area contributed by atoms with E-state index in [1.807, 2.05) is 14.0 Å². The van der Waals surface area contributed by atoms with Crippen molar-refractivity contribution in [2.45, 2.75) is 58.2 Å². The number of hydrogen-bond donors (Lipinski definition) is 2. The third-order valence-electron chi connectivity index (χ3n) is 5.23. The zero-order valence-electron chi connectivity index (χ0n) is 17.1. The number of rotatable bonds is 11. The number of aromatic nitrogens is 2. The van der Waals surface area contributed by atoms with Gasteiger partial charge in [0.2, 0.25) is 6.23 Å². The third kappa shape index (κ3) is 5.97. The second kappa shape index (κ2) is 10.8. The van der Waals surface area contributed by atoms with Gasteiger partial charge in [0.15, 0.2) is 0 Å². The minimum Gasteiger partial charge on any atom is -0.475 e. The fourth-order valence-electron chi connectivity index (χ4n) is 3.17. The van der Waals surface area contributed by atoms with Gasteiger partial charge in [0.25, 0.3) is 5.88 Å². The first kappa shape index (κ1) is 22.7. The van der Waals surface area contributed by atoms with E-state index in [9.17, 15) is 4.79 Å². The number of ether oxygens (including phenoxy) is 2. The van der Waals surface area contributed by atoms with Crippen molar-refractivity contribution in [3.8, 4) is 5.88 Å². The van der Waals surface area contributed by atoms with Crippen molar-refractivity contribution < 1.29 is 23.9 Å². The highest BCUT2D eigenvalue weighted by atomic mass is 32.1. The second-order valence-corrected chi connectivity index (χ2v) is 8.06. The number of esters is 1. The molecule has 1 aromatic rings. The Morgan fingerprint density at radius 1 is 1.39 bits per heavy atom. The molecular formula is C19H33N4O4S+. The van der Waals surface area contributed by atoms with E-state index in [1.54, 1.807) is 0 Å². The normalized spacial score (nSPS) is 21.7. The average molecular weight is 414 g/mol. The van der Waals surface area contributed by atoms with Crippen molar-refractivity contribution in [3.05, 3.63) is 11.8 Å². The predicted molar refractivity (Wildman–Crippen MR) is 109 cm³/mol. The fourth-order valence-corrected chi connectivity index (χ4v) is 3.71. The van der Waals surface area contributed by atoms with Crippen LogP contribution in [0, 0.1) is 0 Å². The molecule has 2 rings (SSSR count). The molecule has 158 valence electrons. The number of nitrogens with two attached hydrogens (primary N) is 1. The van der Waals surface area contributed by atoms with Crippen LogP contribution in [0.4, 0.5) is 0 Å². The molecule has 3 N–H and O–H groups in total. The van der Waals surface area contributed by atoms with Crippen LogP contribution in [0.3, 0.4) is 0 Å². The number of nitrogens with zero attached hydrogens (tertiary/aromatic N) is 3. The van der Waals surface area contributed by atoms with Crippen LogP contribution >= 0.6 is 11.7 Å². The van der Waals surface area contributed by atoms with E-state index in [0.29, 0.717) is 23.5 Å². The molecule has 0 amide bonds. The van der Waals surface area contributed by atoms with Crippen molar-refractivity contribution in [1.82, 2.24) is 8.75 Å². The number of quaternary nitrogens is 1. The number of aliphatic hydroxyl groups is 1. The summed E-state index contributed by atoms with van der Waals surface area (Å²) in [5, 5.41) is 9.04. The van der Waals surface area contributed by atoms with Gasteiger partial charge in [-0.05, 0) is 6.42 Å². The molecule has 0 aliphatic carbocycles. The van der Waals surface area contributed by atoms with Gasteiger partial charge in [0.1, 0.15) is 18.3 Å². The summed E-state index contributed by atoms with van der Waals surface area (Å²) in [5.74, 6) is 0.00466. The van der Waals surface area contributed by atoms with Gasteiger partial charge in [-0.15, -0.1) is 4.37 Å². The molecule has 1 unspecified atom stereocenters. The number of aliphatic hydroxyl groups excluding tert-OH is 1. The van der Waals surface area contributed by atoms with Crippen LogP contribution in [-0.4, -0.2) is 69.9 Å². The van der Waals surface area contributed by atoms with Gasteiger partial charge in [-0.25, -0.2) is 0 Å². The summed E-state index contributed by atoms with van der Waals surface area (Å²) >= 11 is 1.15. The van der Waals surface area contributed by atoms with Gasteiger partial charge in [0.05, 0.1) is 38.5 Å². The zero-order chi connectivity index (χ0) is 20.6. The van der Waals surface area contributed by atoms with Gasteiger partial charge >= 0.3 is 5.97 Å². The maximum atomic E-state index is 12.0. The topological polar surface area (TPSA) is 108 Å². The SMILES string of the molecule is CCCCCCOc1nsnc1C1=CCC[N+](C)([C@H](C)OC(=O)[C@@H](N)CO)C1. The van der Waals surface area contributed by atoms with Crippen molar-refractivity contribution in [1.29, 1.82) is 0 Å². The lowest BCUT2D eigenvalue weighted by Gasteiger charge is -2.41. The second-order valence-electron chi connectivity index (χ2n) is 7.53. The summed E-state index contributed by atoms with van der Waals surface area (Å²) < 4.78 is 20.7. The summed E-state index contributed by atoms with van der Waals surface area (Å²) in [7, 11) is 2.04. The Morgan fingerprint density at radius 3 is 2.89 bits per heavy atom. The molecule has 0 saturated heterocycles. The predicted octanol–water partition coefficient (Wildman–Crippen LogP) is 1.94. The number of carbonyl (C=O) groups excluding carboxylic acids is 1. The Labute approximate surface area is 171 Å². The molecule has 1 aliphatic heterocycles. The molecule has 0 bridgehead atoms. The lowest BCUT2D eigenvalue weighted by molar-refractivity contribution is -0.944. The van der Waals surface area contributed by atoms with E-state index >= 15 is 0 Å². The molecular weight excluding hydrogens is 380 g/mol. The molecule has 0 spiro atoms.